The van der Waals surface area contributed by atoms with Gasteiger partial charge in [0.25, 0.3) is 11.8 Å². The van der Waals surface area contributed by atoms with E-state index in [4.69, 9.17) is 11.5 Å². The first kappa shape index (κ1) is 20.9. The van der Waals surface area contributed by atoms with Gasteiger partial charge in [0.05, 0.1) is 17.5 Å². The number of amides is 3. The summed E-state index contributed by atoms with van der Waals surface area (Å²) in [5, 5.41) is 2.58. The molecule has 0 atom stereocenters. The summed E-state index contributed by atoms with van der Waals surface area (Å²) in [6, 6.07) is 11.1. The van der Waals surface area contributed by atoms with Crippen LogP contribution in [0.2, 0.25) is 0 Å². The number of aryl methyl sites for hydroxylation is 2. The van der Waals surface area contributed by atoms with Gasteiger partial charge in [0, 0.05) is 12.7 Å². The van der Waals surface area contributed by atoms with Gasteiger partial charge in [0.15, 0.2) is 0 Å². The molecule has 7 nitrogen and oxygen atoms in total. The number of allylic oxidation sites excluding steroid dienone is 2. The van der Waals surface area contributed by atoms with Crippen LogP contribution in [0.3, 0.4) is 0 Å². The van der Waals surface area contributed by atoms with Crippen molar-refractivity contribution < 1.29 is 14.4 Å². The number of hydrogen-bond acceptors (Lipinski definition) is 5. The molecule has 0 unspecified atom stereocenters. The summed E-state index contributed by atoms with van der Waals surface area (Å²) in [5.41, 5.74) is 16.3. The Morgan fingerprint density at radius 3 is 2.47 bits per heavy atom. The van der Waals surface area contributed by atoms with Crippen LogP contribution in [0.15, 0.2) is 54.4 Å². The molecule has 3 rings (SSSR count). The van der Waals surface area contributed by atoms with E-state index in [1.54, 1.807) is 18.2 Å². The van der Waals surface area contributed by atoms with Crippen LogP contribution in [0, 0.1) is 13.8 Å². The highest BCUT2D eigenvalue weighted by Gasteiger charge is 2.35. The van der Waals surface area contributed by atoms with E-state index in [1.165, 1.54) is 13.1 Å². The van der Waals surface area contributed by atoms with Crippen molar-refractivity contribution >= 4 is 23.4 Å². The lowest BCUT2D eigenvalue weighted by molar-refractivity contribution is -0.119. The zero-order valence-electron chi connectivity index (χ0n) is 17.2. The number of rotatable bonds is 5. The Hall–Kier alpha value is -3.87. The first-order chi connectivity index (χ1) is 14.2. The summed E-state index contributed by atoms with van der Waals surface area (Å²) in [6.07, 6.45) is 3.05. The lowest BCUT2D eigenvalue weighted by Crippen LogP contribution is -2.29. The average molecular weight is 404 g/mol. The fraction of sp³-hybridized carbons (Fsp3) is 0.174. The number of nitrogens with one attached hydrogen (secondary N) is 1. The maximum atomic E-state index is 12.5. The van der Waals surface area contributed by atoms with Crippen LogP contribution in [0.5, 0.6) is 0 Å². The molecule has 0 aliphatic carbocycles. The molecule has 1 aliphatic rings. The van der Waals surface area contributed by atoms with E-state index < -0.39 is 11.8 Å². The maximum Gasteiger partial charge on any atom is 0.261 e. The number of imide groups is 1. The third kappa shape index (κ3) is 4.25. The monoisotopic (exact) mass is 404 g/mol. The Bertz CT molecular complexity index is 1120. The molecule has 0 saturated carbocycles. The van der Waals surface area contributed by atoms with Crippen LogP contribution in [-0.2, 0) is 11.2 Å². The van der Waals surface area contributed by atoms with E-state index in [1.807, 2.05) is 38.1 Å². The fourth-order valence-corrected chi connectivity index (χ4v) is 3.38. The molecule has 2 aromatic rings. The van der Waals surface area contributed by atoms with Gasteiger partial charge >= 0.3 is 0 Å². The van der Waals surface area contributed by atoms with Gasteiger partial charge in [-0.05, 0) is 54.8 Å². The van der Waals surface area contributed by atoms with Gasteiger partial charge < -0.3 is 16.8 Å². The number of carbonyl (C=O) groups excluding carboxylic acids is 3. The van der Waals surface area contributed by atoms with E-state index >= 15 is 0 Å². The Morgan fingerprint density at radius 2 is 1.77 bits per heavy atom. The summed E-state index contributed by atoms with van der Waals surface area (Å²) >= 11 is 0. The standard InChI is InChI=1S/C23H24N4O3/c1-13-5-4-6-15(9-13)18(24)7-8-19(25)26-20(28)12-16-10-14(2)11-17-21(16)23(30)27(3)22(17)29/h4-11H,12,24-25H2,1-3H3,(H,26,28)/b18-7-,19-8+. The van der Waals surface area contributed by atoms with E-state index in [-0.39, 0.29) is 23.7 Å². The normalized spacial score (nSPS) is 14.2. The Labute approximate surface area is 175 Å². The SMILES string of the molecule is Cc1cccc(/C(N)=C/C=C(\N)NC(=O)Cc2cc(C)cc3c2C(=O)N(C)C3=O)c1. The van der Waals surface area contributed by atoms with Gasteiger partial charge in [-0.3, -0.25) is 19.3 Å². The fourth-order valence-electron chi connectivity index (χ4n) is 3.38. The van der Waals surface area contributed by atoms with E-state index in [2.05, 4.69) is 5.32 Å². The molecule has 7 heteroatoms. The Morgan fingerprint density at radius 1 is 1.03 bits per heavy atom. The topological polar surface area (TPSA) is 119 Å². The van der Waals surface area contributed by atoms with Crippen LogP contribution in [0.4, 0.5) is 0 Å². The summed E-state index contributed by atoms with van der Waals surface area (Å²) in [6.45, 7) is 3.78. The molecule has 0 radical (unpaired) electrons. The molecule has 3 amide bonds. The van der Waals surface area contributed by atoms with Crippen molar-refractivity contribution in [3.8, 4) is 0 Å². The molecule has 0 fully saturated rings. The van der Waals surface area contributed by atoms with Crippen molar-refractivity contribution in [3.05, 3.63) is 87.8 Å². The van der Waals surface area contributed by atoms with E-state index in [0.29, 0.717) is 16.8 Å². The molecule has 1 aliphatic heterocycles. The molecule has 154 valence electrons. The molecule has 0 spiro atoms. The van der Waals surface area contributed by atoms with Crippen molar-refractivity contribution in [1.82, 2.24) is 10.2 Å². The lowest BCUT2D eigenvalue weighted by atomic mass is 9.97. The van der Waals surface area contributed by atoms with Gasteiger partial charge in [0.2, 0.25) is 5.91 Å². The minimum Gasteiger partial charge on any atom is -0.398 e. The van der Waals surface area contributed by atoms with Crippen molar-refractivity contribution in [2.24, 2.45) is 11.5 Å². The number of hydrogen-bond donors (Lipinski definition) is 3. The number of fused-ring (bicyclic) bond motifs is 1. The second-order valence-electron chi connectivity index (χ2n) is 7.35. The number of nitrogens with zero attached hydrogens (tertiary/aromatic N) is 1. The van der Waals surface area contributed by atoms with Gasteiger partial charge in [-0.15, -0.1) is 0 Å². The summed E-state index contributed by atoms with van der Waals surface area (Å²) in [7, 11) is 1.43. The molecule has 5 N–H and O–H groups in total. The lowest BCUT2D eigenvalue weighted by Gasteiger charge is -2.09. The van der Waals surface area contributed by atoms with Gasteiger partial charge in [-0.25, -0.2) is 0 Å². The largest absolute Gasteiger partial charge is 0.398 e. The highest BCUT2D eigenvalue weighted by atomic mass is 16.2. The molecule has 30 heavy (non-hydrogen) atoms. The van der Waals surface area contributed by atoms with Crippen molar-refractivity contribution in [1.29, 1.82) is 0 Å². The number of carbonyl (C=O) groups is 3. The minimum absolute atomic E-state index is 0.0809. The zero-order valence-corrected chi connectivity index (χ0v) is 17.2. The van der Waals surface area contributed by atoms with Gasteiger partial charge in [-0.2, -0.15) is 0 Å². The first-order valence-corrected chi connectivity index (χ1v) is 9.43. The third-order valence-corrected chi connectivity index (χ3v) is 4.85. The average Bonchev–Trinajstić information content (AvgIpc) is 2.90. The van der Waals surface area contributed by atoms with Crippen LogP contribution in [-0.4, -0.2) is 29.7 Å². The summed E-state index contributed by atoms with van der Waals surface area (Å²) in [4.78, 5) is 38.1. The second-order valence-corrected chi connectivity index (χ2v) is 7.35. The molecule has 0 saturated heterocycles. The zero-order chi connectivity index (χ0) is 22.0. The van der Waals surface area contributed by atoms with Crippen LogP contribution < -0.4 is 16.8 Å². The Balaban J connectivity index is 1.74. The van der Waals surface area contributed by atoms with Crippen LogP contribution in [0.1, 0.15) is 43.0 Å². The van der Waals surface area contributed by atoms with Crippen molar-refractivity contribution in [2.45, 2.75) is 20.3 Å². The van der Waals surface area contributed by atoms with Crippen LogP contribution >= 0.6 is 0 Å². The van der Waals surface area contributed by atoms with Gasteiger partial charge in [-0.1, -0.05) is 29.8 Å². The third-order valence-electron chi connectivity index (χ3n) is 4.85. The van der Waals surface area contributed by atoms with E-state index in [0.717, 1.165) is 21.6 Å². The number of nitrogens with two attached hydrogens (primary N) is 2. The molecule has 1 heterocycles. The second kappa shape index (κ2) is 8.24. The minimum atomic E-state index is -0.407. The Kier molecular flexibility index (Phi) is 5.73. The molecule has 0 bridgehead atoms. The van der Waals surface area contributed by atoms with Crippen LogP contribution in [0.25, 0.3) is 5.70 Å². The predicted molar refractivity (Wildman–Crippen MR) is 115 cm³/mol. The highest BCUT2D eigenvalue weighted by Crippen LogP contribution is 2.27. The maximum absolute atomic E-state index is 12.5. The molecular formula is C23H24N4O3. The quantitative estimate of drug-likeness (QED) is 0.520. The highest BCUT2D eigenvalue weighted by molar-refractivity contribution is 6.22. The predicted octanol–water partition coefficient (Wildman–Crippen LogP) is 1.99. The van der Waals surface area contributed by atoms with Crippen molar-refractivity contribution in [3.63, 3.8) is 0 Å². The van der Waals surface area contributed by atoms with Crippen molar-refractivity contribution in [2.75, 3.05) is 7.05 Å². The molecular weight excluding hydrogens is 380 g/mol. The smallest absolute Gasteiger partial charge is 0.261 e. The summed E-state index contributed by atoms with van der Waals surface area (Å²) < 4.78 is 0. The van der Waals surface area contributed by atoms with E-state index in [9.17, 15) is 14.4 Å². The molecule has 2 aromatic carbocycles. The number of benzene rings is 2. The van der Waals surface area contributed by atoms with Gasteiger partial charge in [0.1, 0.15) is 5.82 Å². The summed E-state index contributed by atoms with van der Waals surface area (Å²) in [5.74, 6) is -1.04. The molecule has 0 aromatic heterocycles. The first-order valence-electron chi connectivity index (χ1n) is 9.43.